The summed E-state index contributed by atoms with van der Waals surface area (Å²) in [5.41, 5.74) is 3.16. The molecule has 0 N–H and O–H groups in total. The molecule has 2 aromatic carbocycles. The summed E-state index contributed by atoms with van der Waals surface area (Å²) in [4.78, 5) is 2.40. The van der Waals surface area contributed by atoms with Crippen LogP contribution in [-0.2, 0) is 16.6 Å². The molecule has 0 radical (unpaired) electrons. The van der Waals surface area contributed by atoms with Gasteiger partial charge in [0.2, 0.25) is 10.0 Å². The van der Waals surface area contributed by atoms with Crippen molar-refractivity contribution < 1.29 is 8.42 Å². The Kier molecular flexibility index (Phi) is 6.12. The molecule has 160 valence electrons. The van der Waals surface area contributed by atoms with Gasteiger partial charge in [-0.05, 0) is 43.3 Å². The third-order valence-corrected chi connectivity index (χ3v) is 7.76. The summed E-state index contributed by atoms with van der Waals surface area (Å²) in [6.07, 6.45) is 0. The van der Waals surface area contributed by atoms with E-state index in [4.69, 9.17) is 16.9 Å². The first-order chi connectivity index (χ1) is 14.9. The van der Waals surface area contributed by atoms with Crippen molar-refractivity contribution in [3.05, 3.63) is 76.6 Å². The van der Waals surface area contributed by atoms with Crippen LogP contribution in [0.3, 0.4) is 0 Å². The minimum absolute atomic E-state index is 0.211. The third kappa shape index (κ3) is 4.36. The molecule has 1 aliphatic heterocycles. The lowest BCUT2D eigenvalue weighted by atomic mass is 10.2. The zero-order chi connectivity index (χ0) is 22.0. The SMILES string of the molecule is Cc1nn(-c2ccccc2)c(Cl)c1CN1CCN(S(=O)(=O)c2ccc(C#N)cc2)CC1. The van der Waals surface area contributed by atoms with Gasteiger partial charge in [-0.1, -0.05) is 29.8 Å². The van der Waals surface area contributed by atoms with Gasteiger partial charge in [-0.3, -0.25) is 4.90 Å². The second-order valence-corrected chi connectivity index (χ2v) is 9.71. The number of benzene rings is 2. The number of hydrogen-bond donors (Lipinski definition) is 0. The van der Waals surface area contributed by atoms with Crippen molar-refractivity contribution in [3.63, 3.8) is 0 Å². The molecule has 9 heteroatoms. The Bertz CT molecular complexity index is 1210. The average Bonchev–Trinajstić information content (AvgIpc) is 3.08. The van der Waals surface area contributed by atoms with Crippen LogP contribution in [0, 0.1) is 18.3 Å². The van der Waals surface area contributed by atoms with Gasteiger partial charge in [-0.25, -0.2) is 13.1 Å². The van der Waals surface area contributed by atoms with Crippen LogP contribution < -0.4 is 0 Å². The summed E-state index contributed by atoms with van der Waals surface area (Å²) >= 11 is 6.63. The van der Waals surface area contributed by atoms with Gasteiger partial charge in [0.25, 0.3) is 0 Å². The van der Waals surface area contributed by atoms with E-state index in [1.165, 1.54) is 28.6 Å². The summed E-state index contributed by atoms with van der Waals surface area (Å²) < 4.78 is 29.0. The Morgan fingerprint density at radius 1 is 1.03 bits per heavy atom. The van der Waals surface area contributed by atoms with Gasteiger partial charge in [-0.2, -0.15) is 14.7 Å². The maximum Gasteiger partial charge on any atom is 0.243 e. The highest BCUT2D eigenvalue weighted by molar-refractivity contribution is 7.89. The molecule has 1 fully saturated rings. The average molecular weight is 456 g/mol. The van der Waals surface area contributed by atoms with Crippen LogP contribution in [0.5, 0.6) is 0 Å². The third-order valence-electron chi connectivity index (χ3n) is 5.46. The van der Waals surface area contributed by atoms with Gasteiger partial charge in [-0.15, -0.1) is 0 Å². The highest BCUT2D eigenvalue weighted by Crippen LogP contribution is 2.26. The van der Waals surface area contributed by atoms with Crippen molar-refractivity contribution in [1.82, 2.24) is 19.0 Å². The van der Waals surface area contributed by atoms with Gasteiger partial charge in [0.1, 0.15) is 5.15 Å². The highest BCUT2D eigenvalue weighted by atomic mass is 35.5. The fourth-order valence-electron chi connectivity index (χ4n) is 3.65. The molecule has 0 bridgehead atoms. The maximum absolute atomic E-state index is 12.9. The molecule has 2 heterocycles. The van der Waals surface area contributed by atoms with Crippen LogP contribution in [-0.4, -0.2) is 53.6 Å². The predicted octanol–water partition coefficient (Wildman–Crippen LogP) is 3.21. The first-order valence-corrected chi connectivity index (χ1v) is 11.7. The molecule has 0 unspecified atom stereocenters. The second-order valence-electron chi connectivity index (χ2n) is 7.42. The number of aromatic nitrogens is 2. The molecule has 0 spiro atoms. The van der Waals surface area contributed by atoms with Crippen molar-refractivity contribution in [2.45, 2.75) is 18.4 Å². The number of nitriles is 1. The van der Waals surface area contributed by atoms with E-state index < -0.39 is 10.0 Å². The minimum atomic E-state index is -3.58. The summed E-state index contributed by atoms with van der Waals surface area (Å²) in [6.45, 7) is 4.54. The number of para-hydroxylation sites is 1. The largest absolute Gasteiger partial charge is 0.296 e. The number of sulfonamides is 1. The minimum Gasteiger partial charge on any atom is -0.296 e. The Morgan fingerprint density at radius 3 is 2.29 bits per heavy atom. The van der Waals surface area contributed by atoms with Crippen LogP contribution >= 0.6 is 11.6 Å². The molecule has 1 aromatic heterocycles. The Balaban J connectivity index is 1.44. The van der Waals surface area contributed by atoms with Gasteiger partial charge in [0, 0.05) is 38.3 Å². The fourth-order valence-corrected chi connectivity index (χ4v) is 5.41. The van der Waals surface area contributed by atoms with E-state index in [0.29, 0.717) is 43.4 Å². The number of nitrogens with zero attached hydrogens (tertiary/aromatic N) is 5. The lowest BCUT2D eigenvalue weighted by Gasteiger charge is -2.34. The predicted molar refractivity (Wildman–Crippen MR) is 119 cm³/mol. The molecule has 31 heavy (non-hydrogen) atoms. The normalized spacial score (nSPS) is 15.6. The molecule has 1 saturated heterocycles. The monoisotopic (exact) mass is 455 g/mol. The molecule has 3 aromatic rings. The Hall–Kier alpha value is -2.70. The van der Waals surface area contributed by atoms with Crippen LogP contribution in [0.25, 0.3) is 5.69 Å². The smallest absolute Gasteiger partial charge is 0.243 e. The number of rotatable bonds is 5. The Morgan fingerprint density at radius 2 is 1.68 bits per heavy atom. The first-order valence-electron chi connectivity index (χ1n) is 9.92. The molecular formula is C22H22ClN5O2S. The van der Waals surface area contributed by atoms with E-state index in [1.807, 2.05) is 43.3 Å². The Labute approximate surface area is 187 Å². The van der Waals surface area contributed by atoms with Crippen molar-refractivity contribution in [2.75, 3.05) is 26.2 Å². The van der Waals surface area contributed by atoms with Gasteiger partial charge >= 0.3 is 0 Å². The number of piperazine rings is 1. The van der Waals surface area contributed by atoms with Crippen molar-refractivity contribution in [2.24, 2.45) is 0 Å². The molecule has 0 atom stereocenters. The van der Waals surface area contributed by atoms with Gasteiger partial charge < -0.3 is 0 Å². The van der Waals surface area contributed by atoms with E-state index in [9.17, 15) is 8.42 Å². The van der Waals surface area contributed by atoms with Crippen molar-refractivity contribution >= 4 is 21.6 Å². The summed E-state index contributed by atoms with van der Waals surface area (Å²) in [6, 6.07) is 17.8. The topological polar surface area (TPSA) is 82.2 Å². The zero-order valence-corrected chi connectivity index (χ0v) is 18.6. The molecule has 0 aliphatic carbocycles. The molecule has 0 amide bonds. The van der Waals surface area contributed by atoms with E-state index in [-0.39, 0.29) is 4.90 Å². The standard InChI is InChI=1S/C22H22ClN5O2S/c1-17-21(22(23)28(25-17)19-5-3-2-4-6-19)16-26-11-13-27(14-12-26)31(29,30)20-9-7-18(15-24)8-10-20/h2-10H,11-14,16H2,1H3. The molecular weight excluding hydrogens is 434 g/mol. The first kappa shape index (κ1) is 21.5. The van der Waals surface area contributed by atoms with E-state index in [0.717, 1.165) is 16.9 Å². The van der Waals surface area contributed by atoms with E-state index >= 15 is 0 Å². The molecule has 4 rings (SSSR count). The lowest BCUT2D eigenvalue weighted by Crippen LogP contribution is -2.48. The van der Waals surface area contributed by atoms with E-state index in [2.05, 4.69) is 10.00 Å². The quantitative estimate of drug-likeness (QED) is 0.590. The van der Waals surface area contributed by atoms with Crippen LogP contribution in [0.2, 0.25) is 5.15 Å². The summed E-state index contributed by atoms with van der Waals surface area (Å²) in [7, 11) is -3.58. The van der Waals surface area contributed by atoms with Crippen molar-refractivity contribution in [3.8, 4) is 11.8 Å². The van der Waals surface area contributed by atoms with Crippen LogP contribution in [0.15, 0.2) is 59.5 Å². The van der Waals surface area contributed by atoms with Crippen LogP contribution in [0.4, 0.5) is 0 Å². The van der Waals surface area contributed by atoms with Crippen LogP contribution in [0.1, 0.15) is 16.8 Å². The molecule has 0 saturated carbocycles. The van der Waals surface area contributed by atoms with Crippen molar-refractivity contribution in [1.29, 1.82) is 5.26 Å². The zero-order valence-electron chi connectivity index (χ0n) is 17.1. The summed E-state index contributed by atoms with van der Waals surface area (Å²) in [5.74, 6) is 0. The van der Waals surface area contributed by atoms with Gasteiger partial charge in [0.05, 0.1) is 27.9 Å². The molecule has 7 nitrogen and oxygen atoms in total. The maximum atomic E-state index is 12.9. The number of hydrogen-bond acceptors (Lipinski definition) is 5. The fraction of sp³-hybridized carbons (Fsp3) is 0.273. The number of aryl methyl sites for hydroxylation is 1. The van der Waals surface area contributed by atoms with Gasteiger partial charge in [0.15, 0.2) is 0 Å². The number of halogens is 1. The second kappa shape index (κ2) is 8.81. The van der Waals surface area contributed by atoms with E-state index in [1.54, 1.807) is 4.68 Å². The highest BCUT2D eigenvalue weighted by Gasteiger charge is 2.29. The lowest BCUT2D eigenvalue weighted by molar-refractivity contribution is 0.181. The molecule has 1 aliphatic rings. The summed E-state index contributed by atoms with van der Waals surface area (Å²) in [5, 5.41) is 14.1.